The molecule has 1 aromatic heterocycles. The number of carboxylic acids is 1. The number of carbonyl (C=O) groups excluding carboxylic acids is 3. The van der Waals surface area contributed by atoms with E-state index < -0.39 is 35.9 Å². The van der Waals surface area contributed by atoms with Gasteiger partial charge in [-0.3, -0.25) is 9.59 Å². The van der Waals surface area contributed by atoms with Gasteiger partial charge in [0, 0.05) is 53.1 Å². The molecule has 2 heterocycles. The maximum atomic E-state index is 13.9. The van der Waals surface area contributed by atoms with Crippen LogP contribution >= 0.6 is 23.2 Å². The number of nitrogens with one attached hydrogen (secondary N) is 4. The first-order valence-electron chi connectivity index (χ1n) is 15.8. The molecule has 1 aliphatic heterocycles. The van der Waals surface area contributed by atoms with Gasteiger partial charge in [-0.15, -0.1) is 0 Å². The summed E-state index contributed by atoms with van der Waals surface area (Å²) in [5.74, 6) is -1.35. The highest BCUT2D eigenvalue weighted by atomic mass is 35.5. The van der Waals surface area contributed by atoms with Crippen LogP contribution in [0.15, 0.2) is 48.7 Å². The van der Waals surface area contributed by atoms with E-state index in [2.05, 4.69) is 20.9 Å². The Balaban J connectivity index is 1.35. The molecule has 5 atom stereocenters. The number of piperidine rings is 1. The van der Waals surface area contributed by atoms with Crippen molar-refractivity contribution in [3.63, 3.8) is 0 Å². The highest BCUT2D eigenvalue weighted by Gasteiger charge is 2.37. The van der Waals surface area contributed by atoms with Crippen LogP contribution in [-0.2, 0) is 27.2 Å². The van der Waals surface area contributed by atoms with Crippen LogP contribution in [0.5, 0.6) is 0 Å². The molecule has 2 aliphatic rings. The Kier molecular flexibility index (Phi) is 10.8. The average molecular weight is 671 g/mol. The Bertz CT molecular complexity index is 1580. The molecule has 246 valence electrons. The largest absolute Gasteiger partial charge is 0.480 e. The van der Waals surface area contributed by atoms with Crippen molar-refractivity contribution >= 4 is 57.9 Å². The van der Waals surface area contributed by atoms with E-state index >= 15 is 0 Å². The number of halogens is 2. The molecule has 0 radical (unpaired) electrons. The number of hydrogen-bond donors (Lipinski definition) is 5. The number of carbonyl (C=O) groups is 4. The third-order valence-electron chi connectivity index (χ3n) is 9.00. The molecule has 5 rings (SSSR count). The summed E-state index contributed by atoms with van der Waals surface area (Å²) in [6.07, 6.45) is 5.53. The van der Waals surface area contributed by atoms with E-state index in [1.807, 2.05) is 43.0 Å². The van der Waals surface area contributed by atoms with Gasteiger partial charge in [-0.2, -0.15) is 0 Å². The highest BCUT2D eigenvalue weighted by Crippen LogP contribution is 2.36. The molecule has 2 bridgehead atoms. The molecule has 46 heavy (non-hydrogen) atoms. The second kappa shape index (κ2) is 14.8. The zero-order valence-corrected chi connectivity index (χ0v) is 27.5. The Morgan fingerprint density at radius 2 is 1.54 bits per heavy atom. The number of hydrogen-bond acceptors (Lipinski definition) is 4. The summed E-state index contributed by atoms with van der Waals surface area (Å²) in [5, 5.41) is 20.0. The van der Waals surface area contributed by atoms with E-state index in [0.717, 1.165) is 35.7 Å². The number of aromatic amines is 1. The van der Waals surface area contributed by atoms with E-state index in [9.17, 15) is 24.3 Å². The van der Waals surface area contributed by atoms with Crippen LogP contribution in [0.2, 0.25) is 10.0 Å². The molecule has 1 saturated heterocycles. The third kappa shape index (κ3) is 8.33. The van der Waals surface area contributed by atoms with Gasteiger partial charge in [0.2, 0.25) is 11.8 Å². The molecule has 3 aromatic rings. The van der Waals surface area contributed by atoms with Crippen molar-refractivity contribution in [1.29, 1.82) is 0 Å². The normalized spacial score (nSPS) is 19.5. The second-order valence-electron chi connectivity index (χ2n) is 13.0. The number of benzene rings is 2. The Labute approximate surface area is 278 Å². The zero-order valence-electron chi connectivity index (χ0n) is 26.0. The molecule has 12 heteroatoms. The zero-order chi connectivity index (χ0) is 33.0. The topological polar surface area (TPSA) is 144 Å². The quantitative estimate of drug-likeness (QED) is 0.181. The second-order valence-corrected chi connectivity index (χ2v) is 13.9. The highest BCUT2D eigenvalue weighted by molar-refractivity contribution is 6.35. The lowest BCUT2D eigenvalue weighted by Crippen LogP contribution is -2.58. The summed E-state index contributed by atoms with van der Waals surface area (Å²) < 4.78 is 0. The number of H-pyrrole nitrogens is 1. The minimum Gasteiger partial charge on any atom is -0.480 e. The van der Waals surface area contributed by atoms with Gasteiger partial charge in [-0.25, -0.2) is 9.59 Å². The van der Waals surface area contributed by atoms with E-state index in [4.69, 9.17) is 23.2 Å². The molecule has 1 aliphatic carbocycles. The van der Waals surface area contributed by atoms with Crippen molar-refractivity contribution in [1.82, 2.24) is 25.8 Å². The van der Waals surface area contributed by atoms with E-state index in [1.54, 1.807) is 18.3 Å². The van der Waals surface area contributed by atoms with Gasteiger partial charge in [0.05, 0.1) is 0 Å². The van der Waals surface area contributed by atoms with Crippen LogP contribution in [-0.4, -0.2) is 70.0 Å². The summed E-state index contributed by atoms with van der Waals surface area (Å²) in [7, 11) is 0. The molecular formula is C34H41Cl2N5O5. The number of para-hydroxylation sites is 1. The van der Waals surface area contributed by atoms with Crippen LogP contribution in [0.4, 0.5) is 4.79 Å². The standard InChI is InChI=1S/C34H41Cl2N5O5/c1-19(2)11-28(40-34(46)41-17-20-7-8-21(12-20)18-41)31(42)38-29(14-23-16-37-27-6-4-3-5-25(23)27)32(43)39-30(33(44)45)13-22-9-10-24(35)15-26(22)36/h3-6,9-10,15-16,19-21,28-30,37H,7-8,11-14,17-18H2,1-2H3,(H,38,42)(H,39,43)(H,40,46)(H,44,45)/t20-,21+,28-,29+,30+/m0/s1. The fourth-order valence-corrected chi connectivity index (χ4v) is 7.18. The Hall–Kier alpha value is -3.76. The fourth-order valence-electron chi connectivity index (χ4n) is 6.70. The van der Waals surface area contributed by atoms with Crippen LogP contribution in [0.25, 0.3) is 10.9 Å². The Morgan fingerprint density at radius 3 is 2.22 bits per heavy atom. The first-order valence-corrected chi connectivity index (χ1v) is 16.6. The number of rotatable bonds is 12. The first kappa shape index (κ1) is 33.6. The van der Waals surface area contributed by atoms with Gasteiger partial charge >= 0.3 is 12.0 Å². The lowest BCUT2D eigenvalue weighted by Gasteiger charge is -2.33. The first-order chi connectivity index (χ1) is 22.0. The van der Waals surface area contributed by atoms with Gasteiger partial charge < -0.3 is 30.9 Å². The lowest BCUT2D eigenvalue weighted by atomic mass is 9.99. The smallest absolute Gasteiger partial charge is 0.326 e. The van der Waals surface area contributed by atoms with Crippen molar-refractivity contribution in [3.8, 4) is 0 Å². The van der Waals surface area contributed by atoms with Crippen molar-refractivity contribution in [2.24, 2.45) is 17.8 Å². The van der Waals surface area contributed by atoms with Gasteiger partial charge in [-0.1, -0.05) is 61.3 Å². The van der Waals surface area contributed by atoms with E-state index in [1.165, 1.54) is 6.07 Å². The van der Waals surface area contributed by atoms with Crippen LogP contribution in [0, 0.1) is 17.8 Å². The molecule has 5 N–H and O–H groups in total. The maximum absolute atomic E-state index is 13.9. The minimum atomic E-state index is -1.32. The maximum Gasteiger partial charge on any atom is 0.326 e. The summed E-state index contributed by atoms with van der Waals surface area (Å²) >= 11 is 12.3. The summed E-state index contributed by atoms with van der Waals surface area (Å²) in [6.45, 7) is 5.28. The van der Waals surface area contributed by atoms with Gasteiger partial charge in [0.25, 0.3) is 0 Å². The fraction of sp³-hybridized carbons (Fsp3) is 0.471. The van der Waals surface area contributed by atoms with Crippen LogP contribution in [0.1, 0.15) is 50.7 Å². The molecule has 10 nitrogen and oxygen atoms in total. The predicted octanol–water partition coefficient (Wildman–Crippen LogP) is 5.17. The van der Waals surface area contributed by atoms with Crippen molar-refractivity contribution in [2.75, 3.05) is 13.1 Å². The number of aromatic nitrogens is 1. The number of fused-ring (bicyclic) bond motifs is 3. The lowest BCUT2D eigenvalue weighted by molar-refractivity contribution is -0.142. The molecule has 2 aromatic carbocycles. The molecule has 0 spiro atoms. The monoisotopic (exact) mass is 669 g/mol. The number of urea groups is 1. The number of amides is 4. The summed E-state index contributed by atoms with van der Waals surface area (Å²) in [5.41, 5.74) is 2.14. The van der Waals surface area contributed by atoms with Gasteiger partial charge in [-0.05, 0) is 72.8 Å². The van der Waals surface area contributed by atoms with Gasteiger partial charge in [0.1, 0.15) is 18.1 Å². The van der Waals surface area contributed by atoms with Crippen LogP contribution < -0.4 is 16.0 Å². The van der Waals surface area contributed by atoms with Crippen molar-refractivity contribution in [2.45, 2.75) is 70.5 Å². The third-order valence-corrected chi connectivity index (χ3v) is 9.59. The van der Waals surface area contributed by atoms with Gasteiger partial charge in [0.15, 0.2) is 0 Å². The predicted molar refractivity (Wildman–Crippen MR) is 178 cm³/mol. The summed E-state index contributed by atoms with van der Waals surface area (Å²) in [4.78, 5) is 58.3. The van der Waals surface area contributed by atoms with Crippen molar-refractivity contribution in [3.05, 3.63) is 69.8 Å². The SMILES string of the molecule is CC(C)C[C@H](NC(=O)N1C[C@@H]2CC[C@@H](C2)C1)C(=O)N[C@H](Cc1c[nH]c2ccccc12)C(=O)N[C@H](Cc1ccc(Cl)cc1Cl)C(=O)O. The number of nitrogens with zero attached hydrogens (tertiary/aromatic N) is 1. The molecule has 1 saturated carbocycles. The number of aliphatic carboxylic acids is 1. The molecule has 2 fully saturated rings. The minimum absolute atomic E-state index is 0.0787. The average Bonchev–Trinajstić information content (AvgIpc) is 3.58. The van der Waals surface area contributed by atoms with Crippen molar-refractivity contribution < 1.29 is 24.3 Å². The van der Waals surface area contributed by atoms with E-state index in [0.29, 0.717) is 41.9 Å². The number of carboxylic acid groups (broad SMARTS) is 1. The number of likely N-dealkylation sites (tertiary alicyclic amines) is 1. The molecule has 0 unspecified atom stereocenters. The van der Waals surface area contributed by atoms with E-state index in [-0.39, 0.29) is 29.8 Å². The van der Waals surface area contributed by atoms with Crippen LogP contribution in [0.3, 0.4) is 0 Å². The Morgan fingerprint density at radius 1 is 0.891 bits per heavy atom. The molecular weight excluding hydrogens is 629 g/mol. The molecule has 4 amide bonds. The summed E-state index contributed by atoms with van der Waals surface area (Å²) in [6, 6.07) is 8.70.